The minimum Gasteiger partial charge on any atom is -0.465 e. The smallest absolute Gasteiger partial charge is 0.313 e. The molecule has 0 bridgehead atoms. The lowest BCUT2D eigenvalue weighted by Gasteiger charge is -2.33. The third kappa shape index (κ3) is 3.57. The average molecular weight is 260 g/mol. The molecule has 0 heterocycles. The summed E-state index contributed by atoms with van der Waals surface area (Å²) in [5.41, 5.74) is 8.33. The summed E-state index contributed by atoms with van der Waals surface area (Å²) >= 11 is 0. The fourth-order valence-electron chi connectivity index (χ4n) is 2.74. The molecule has 0 amide bonds. The van der Waals surface area contributed by atoms with Gasteiger partial charge in [0.25, 0.3) is 0 Å². The molecule has 19 heavy (non-hydrogen) atoms. The number of esters is 1. The maximum atomic E-state index is 12.2. The molecule has 1 aliphatic rings. The van der Waals surface area contributed by atoms with E-state index in [9.17, 15) is 4.79 Å². The van der Waals surface area contributed by atoms with Gasteiger partial charge in [-0.3, -0.25) is 10.5 Å². The number of hydrogen-bond donors (Lipinski definition) is 0. The number of nitrogens with one attached hydrogen (secondary N) is 1. The van der Waals surface area contributed by atoms with E-state index in [4.69, 9.17) is 10.5 Å². The van der Waals surface area contributed by atoms with Crippen LogP contribution in [0.25, 0.3) is 0 Å². The zero-order chi connectivity index (χ0) is 13.6. The molecular weight excluding hydrogens is 238 g/mol. The van der Waals surface area contributed by atoms with Gasteiger partial charge in [-0.1, -0.05) is 49.6 Å². The van der Waals surface area contributed by atoms with Gasteiger partial charge in [0.2, 0.25) is 0 Å². The Kier molecular flexibility index (Phi) is 4.97. The largest absolute Gasteiger partial charge is 0.465 e. The zero-order valence-electron chi connectivity index (χ0n) is 11.4. The van der Waals surface area contributed by atoms with E-state index in [1.807, 2.05) is 30.3 Å². The lowest BCUT2D eigenvalue weighted by Crippen LogP contribution is -2.39. The molecule has 0 unspecified atom stereocenters. The van der Waals surface area contributed by atoms with E-state index in [1.54, 1.807) is 0 Å². The van der Waals surface area contributed by atoms with E-state index < -0.39 is 5.41 Å². The van der Waals surface area contributed by atoms with Gasteiger partial charge in [-0.25, -0.2) is 0 Å². The zero-order valence-corrected chi connectivity index (χ0v) is 11.4. The molecular formula is C16H22NO2. The van der Waals surface area contributed by atoms with Crippen molar-refractivity contribution in [2.45, 2.75) is 38.5 Å². The molecule has 1 fully saturated rings. The Morgan fingerprint density at radius 3 is 2.47 bits per heavy atom. The molecule has 1 N–H and O–H groups in total. The molecule has 3 heteroatoms. The van der Waals surface area contributed by atoms with Crippen LogP contribution in [0.2, 0.25) is 0 Å². The molecule has 1 aromatic rings. The highest BCUT2D eigenvalue weighted by Gasteiger charge is 2.39. The molecule has 0 atom stereocenters. The molecule has 2 rings (SSSR count). The second-order valence-electron chi connectivity index (χ2n) is 5.39. The monoisotopic (exact) mass is 260 g/mol. The molecule has 0 saturated heterocycles. The molecule has 3 nitrogen and oxygen atoms in total. The maximum Gasteiger partial charge on any atom is 0.313 e. The first-order valence-corrected chi connectivity index (χ1v) is 7.13. The van der Waals surface area contributed by atoms with Crippen molar-refractivity contribution in [2.75, 3.05) is 13.2 Å². The summed E-state index contributed by atoms with van der Waals surface area (Å²) in [6.45, 7) is 0.585. The van der Waals surface area contributed by atoms with E-state index >= 15 is 0 Å². The first-order valence-electron chi connectivity index (χ1n) is 7.13. The van der Waals surface area contributed by atoms with Gasteiger partial charge in [0, 0.05) is 13.0 Å². The van der Waals surface area contributed by atoms with E-state index in [0.717, 1.165) is 32.1 Å². The van der Waals surface area contributed by atoms with Crippen LogP contribution in [0, 0.1) is 5.41 Å². The highest BCUT2D eigenvalue weighted by atomic mass is 16.5. The van der Waals surface area contributed by atoms with Crippen LogP contribution in [0.5, 0.6) is 0 Å². The first kappa shape index (κ1) is 14.1. The minimum atomic E-state index is -0.519. The minimum absolute atomic E-state index is 0.155. The van der Waals surface area contributed by atoms with Crippen molar-refractivity contribution in [3.05, 3.63) is 35.9 Å². The van der Waals surface area contributed by atoms with Crippen LogP contribution >= 0.6 is 0 Å². The Balaban J connectivity index is 1.83. The van der Waals surface area contributed by atoms with Gasteiger partial charge in [-0.2, -0.15) is 0 Å². The molecule has 0 spiro atoms. The van der Waals surface area contributed by atoms with Gasteiger partial charge in [-0.15, -0.1) is 0 Å². The van der Waals surface area contributed by atoms with Crippen LogP contribution in [-0.2, 0) is 16.0 Å². The van der Waals surface area contributed by atoms with Crippen LogP contribution < -0.4 is 5.73 Å². The van der Waals surface area contributed by atoms with Crippen LogP contribution in [0.1, 0.15) is 37.7 Å². The molecule has 0 aliphatic heterocycles. The van der Waals surface area contributed by atoms with Crippen molar-refractivity contribution in [2.24, 2.45) is 5.41 Å². The van der Waals surface area contributed by atoms with Gasteiger partial charge in [-0.05, 0) is 18.4 Å². The molecule has 103 valence electrons. The Morgan fingerprint density at radius 2 is 1.84 bits per heavy atom. The van der Waals surface area contributed by atoms with Gasteiger partial charge in [0.05, 0.1) is 12.0 Å². The van der Waals surface area contributed by atoms with Crippen LogP contribution in [0.15, 0.2) is 30.3 Å². The summed E-state index contributed by atoms with van der Waals surface area (Å²) in [6.07, 6.45) is 5.67. The van der Waals surface area contributed by atoms with Crippen molar-refractivity contribution in [3.63, 3.8) is 0 Å². The van der Waals surface area contributed by atoms with Crippen molar-refractivity contribution in [1.29, 1.82) is 0 Å². The van der Waals surface area contributed by atoms with E-state index in [-0.39, 0.29) is 12.5 Å². The quantitative estimate of drug-likeness (QED) is 0.764. The number of carbonyl (C=O) groups excluding carboxylic acids is 1. The number of rotatable bonds is 5. The predicted molar refractivity (Wildman–Crippen MR) is 74.6 cm³/mol. The van der Waals surface area contributed by atoms with Gasteiger partial charge in [0.1, 0.15) is 0 Å². The third-order valence-corrected chi connectivity index (χ3v) is 4.05. The normalized spacial score (nSPS) is 17.9. The average Bonchev–Trinajstić information content (AvgIpc) is 2.49. The third-order valence-electron chi connectivity index (χ3n) is 4.05. The Morgan fingerprint density at radius 1 is 1.16 bits per heavy atom. The van der Waals surface area contributed by atoms with E-state index in [0.29, 0.717) is 6.61 Å². The topological polar surface area (TPSA) is 50.1 Å². The Bertz CT molecular complexity index is 396. The highest BCUT2D eigenvalue weighted by Crippen LogP contribution is 2.36. The Labute approximate surface area is 115 Å². The second kappa shape index (κ2) is 6.71. The van der Waals surface area contributed by atoms with Crippen LogP contribution in [0.4, 0.5) is 0 Å². The molecule has 1 saturated carbocycles. The fourth-order valence-corrected chi connectivity index (χ4v) is 2.74. The molecule has 0 aromatic heterocycles. The number of ether oxygens (including phenoxy) is 1. The van der Waals surface area contributed by atoms with E-state index in [1.165, 1.54) is 12.0 Å². The second-order valence-corrected chi connectivity index (χ2v) is 5.39. The lowest BCUT2D eigenvalue weighted by molar-refractivity contribution is -0.157. The van der Waals surface area contributed by atoms with Gasteiger partial charge in [0.15, 0.2) is 0 Å². The van der Waals surface area contributed by atoms with Crippen LogP contribution in [-0.4, -0.2) is 19.1 Å². The molecule has 1 aromatic carbocycles. The molecule has 1 radical (unpaired) electrons. The SMILES string of the molecule is [NH]CC1(C(=O)OCCc2ccccc2)CCCCC1. The number of carbonyl (C=O) groups is 1. The summed E-state index contributed by atoms with van der Waals surface area (Å²) in [4.78, 5) is 12.2. The standard InChI is InChI=1S/C16H22NO2/c17-13-16(10-5-2-6-11-16)15(18)19-12-9-14-7-3-1-4-8-14/h1,3-4,7-8,17H,2,5-6,9-13H2. The van der Waals surface area contributed by atoms with Gasteiger partial charge >= 0.3 is 5.97 Å². The predicted octanol–water partition coefficient (Wildman–Crippen LogP) is 3.01. The number of hydrogen-bond acceptors (Lipinski definition) is 2. The van der Waals surface area contributed by atoms with E-state index in [2.05, 4.69) is 0 Å². The van der Waals surface area contributed by atoms with Crippen molar-refractivity contribution >= 4 is 5.97 Å². The summed E-state index contributed by atoms with van der Waals surface area (Å²) in [5, 5.41) is 0. The lowest BCUT2D eigenvalue weighted by atomic mass is 9.74. The first-order chi connectivity index (χ1) is 9.27. The van der Waals surface area contributed by atoms with Crippen LogP contribution in [0.3, 0.4) is 0 Å². The van der Waals surface area contributed by atoms with Crippen molar-refractivity contribution in [3.8, 4) is 0 Å². The molecule has 1 aliphatic carbocycles. The maximum absolute atomic E-state index is 12.2. The fraction of sp³-hybridized carbons (Fsp3) is 0.562. The van der Waals surface area contributed by atoms with Crippen molar-refractivity contribution < 1.29 is 9.53 Å². The van der Waals surface area contributed by atoms with Crippen molar-refractivity contribution in [1.82, 2.24) is 5.73 Å². The Hall–Kier alpha value is -1.35. The summed E-state index contributed by atoms with van der Waals surface area (Å²) in [7, 11) is 0. The summed E-state index contributed by atoms with van der Waals surface area (Å²) in [6, 6.07) is 10.0. The highest BCUT2D eigenvalue weighted by molar-refractivity contribution is 5.77. The van der Waals surface area contributed by atoms with Gasteiger partial charge < -0.3 is 4.74 Å². The summed E-state index contributed by atoms with van der Waals surface area (Å²) in [5.74, 6) is -0.155. The summed E-state index contributed by atoms with van der Waals surface area (Å²) < 4.78 is 5.42. The number of benzene rings is 1.